The van der Waals surface area contributed by atoms with Gasteiger partial charge in [-0.15, -0.1) is 17.1 Å². The Morgan fingerprint density at radius 3 is 0.548 bits per heavy atom. The van der Waals surface area contributed by atoms with E-state index in [1.807, 2.05) is 0 Å². The smallest absolute Gasteiger partial charge is 1.00 e. The first-order valence-electron chi connectivity index (χ1n) is 32.3. The molecule has 12 heteroatoms. The molecule has 0 heterocycles. The Labute approximate surface area is 613 Å². The van der Waals surface area contributed by atoms with Gasteiger partial charge in [-0.3, -0.25) is 0 Å². The fourth-order valence-electron chi connectivity index (χ4n) is 11.4. The second-order valence-electron chi connectivity index (χ2n) is 25.1. The molecule has 0 aromatic heterocycles. The number of rotatable bonds is 18. The van der Waals surface area contributed by atoms with Gasteiger partial charge in [-0.25, -0.2) is 15.0 Å². The molecule has 0 aliphatic heterocycles. The molecule has 0 saturated carbocycles. The Balaban J connectivity index is -0.000000370. The molecule has 496 valence electrons. The molecular formula is C81H118F3Mg3N6+3. The predicted molar refractivity (Wildman–Crippen MR) is 405 cm³/mol. The number of nitrogens with zero attached hydrogens (tertiary/aromatic N) is 3. The zero-order valence-electron chi connectivity index (χ0n) is 63.4. The van der Waals surface area contributed by atoms with E-state index in [9.17, 15) is 0 Å². The molecule has 93 heavy (non-hydrogen) atoms. The Morgan fingerprint density at radius 1 is 0.269 bits per heavy atom. The van der Waals surface area contributed by atoms with Gasteiger partial charge in [0.25, 0.3) is 0 Å². The molecule has 6 rings (SSSR count). The maximum atomic E-state index is 4.84. The quantitative estimate of drug-likeness (QED) is 0.0435. The van der Waals surface area contributed by atoms with E-state index < -0.39 is 0 Å². The number of hydrogen-bond acceptors (Lipinski definition) is 0. The van der Waals surface area contributed by atoms with E-state index in [0.717, 1.165) is 51.3 Å². The summed E-state index contributed by atoms with van der Waals surface area (Å²) in [7, 11) is 0. The standard InChI is InChI=1S/3C23H29N2.2C6H14.3FH.3Mg/c3*1-14-9-16(3)22(17(4)10-14)24-20(7)13-21(8)25-23-18(5)11-15(2)12-19(23)6;2*1-3-5-6-4-2;;;;;;/h3*9-13H,1-8H3;2*3-6H2,1-2H3;3*1H;;;/q3*-1;;;;;;3*+2/b3*20-13-,25-21?;;;;;;;;. The first-order valence-corrected chi connectivity index (χ1v) is 32.3. The van der Waals surface area contributed by atoms with Gasteiger partial charge in [0.05, 0.1) is 0 Å². The van der Waals surface area contributed by atoms with Crippen molar-refractivity contribution in [1.29, 1.82) is 0 Å². The number of unbranched alkanes of at least 4 members (excludes halogenated alkanes) is 6. The van der Waals surface area contributed by atoms with Gasteiger partial charge >= 0.3 is 69.2 Å². The third-order valence-corrected chi connectivity index (χ3v) is 15.0. The van der Waals surface area contributed by atoms with Crippen LogP contribution in [0.2, 0.25) is 0 Å². The SMILES string of the molecule is CC(/C=C(/C)[N-]c1c(C)cc(C)cc1C)=[NH+]c1c(C)cc(C)cc1C.CC(/C=C(/C)[N-]c1c(C)cc(C)cc1C)=[NH+]c1c(C)cc(C)cc1C.CC(/C=C(/C)[N-]c1c(C)cc(C)cc1C)=[NH+]c1c(C)cc(C)cc1C.CCCCCC.CCCCCC.[F-].[F-].[F-].[Mg+2].[Mg+2].[Mg+2]. The van der Waals surface area contributed by atoms with Crippen molar-refractivity contribution in [3.05, 3.63) is 224 Å². The van der Waals surface area contributed by atoms with Crippen molar-refractivity contribution in [2.24, 2.45) is 0 Å². The number of nitrogens with one attached hydrogen (secondary N) is 3. The molecule has 0 fully saturated rings. The van der Waals surface area contributed by atoms with E-state index in [1.165, 1.54) is 169 Å². The van der Waals surface area contributed by atoms with Crippen LogP contribution < -0.4 is 29.1 Å². The minimum absolute atomic E-state index is 0. The molecule has 6 nitrogen and oxygen atoms in total. The van der Waals surface area contributed by atoms with E-state index >= 15 is 0 Å². The largest absolute Gasteiger partial charge is 2.00 e. The molecule has 0 aliphatic carbocycles. The third kappa shape index (κ3) is 35.6. The van der Waals surface area contributed by atoms with Crippen LogP contribution in [0.3, 0.4) is 0 Å². The summed E-state index contributed by atoms with van der Waals surface area (Å²) in [4.78, 5) is 10.6. The van der Waals surface area contributed by atoms with Crippen molar-refractivity contribution in [3.8, 4) is 0 Å². The first-order chi connectivity index (χ1) is 40.8. The minimum Gasteiger partial charge on any atom is -1.00 e. The fourth-order valence-corrected chi connectivity index (χ4v) is 11.4. The van der Waals surface area contributed by atoms with Gasteiger partial charge < -0.3 is 30.1 Å². The molecule has 0 radical (unpaired) electrons. The minimum atomic E-state index is 0. The Morgan fingerprint density at radius 2 is 0.409 bits per heavy atom. The second kappa shape index (κ2) is 49.5. The topological polar surface area (TPSA) is 84.2 Å². The number of hydrogen-bond donors (Lipinski definition) is 3. The van der Waals surface area contributed by atoms with Crippen molar-refractivity contribution in [3.63, 3.8) is 0 Å². The van der Waals surface area contributed by atoms with Crippen molar-refractivity contribution >= 4 is 120 Å². The van der Waals surface area contributed by atoms with E-state index in [-0.39, 0.29) is 83.3 Å². The van der Waals surface area contributed by atoms with Gasteiger partial charge in [0.2, 0.25) is 17.1 Å². The van der Waals surface area contributed by atoms with Crippen molar-refractivity contribution in [2.45, 2.75) is 245 Å². The van der Waals surface area contributed by atoms with E-state index in [4.69, 9.17) is 16.0 Å². The molecule has 0 amide bonds. The average Bonchev–Trinajstić information content (AvgIpc) is 1.21. The summed E-state index contributed by atoms with van der Waals surface area (Å²) in [6.07, 6.45) is 17.4. The normalized spacial score (nSPS) is 11.2. The Hall–Kier alpha value is -4.96. The van der Waals surface area contributed by atoms with Crippen LogP contribution in [0.1, 0.15) is 221 Å². The van der Waals surface area contributed by atoms with Crippen LogP contribution in [0, 0.1) is 125 Å². The van der Waals surface area contributed by atoms with Crippen molar-refractivity contribution < 1.29 is 29.1 Å². The number of halogens is 3. The number of aryl methyl sites for hydroxylation is 18. The summed E-state index contributed by atoms with van der Waals surface area (Å²) in [5.74, 6) is 0. The maximum Gasteiger partial charge on any atom is 2.00 e. The number of allylic oxidation sites excluding steroid dienone is 6. The maximum absolute atomic E-state index is 4.84. The van der Waals surface area contributed by atoms with E-state index in [2.05, 4.69) is 300 Å². The molecule has 0 saturated heterocycles. The second-order valence-corrected chi connectivity index (χ2v) is 25.1. The van der Waals surface area contributed by atoms with E-state index in [0.29, 0.717) is 0 Å². The van der Waals surface area contributed by atoms with Gasteiger partial charge in [-0.1, -0.05) is 203 Å². The summed E-state index contributed by atoms with van der Waals surface area (Å²) in [5.41, 5.74) is 35.8. The van der Waals surface area contributed by atoms with Gasteiger partial charge in [0.1, 0.15) is 0 Å². The molecular weight excluding hydrogens is 1190 g/mol. The van der Waals surface area contributed by atoms with Crippen molar-refractivity contribution in [2.75, 3.05) is 0 Å². The Bertz CT molecular complexity index is 2940. The fraction of sp³-hybridized carbons (Fsp3) is 0.444. The van der Waals surface area contributed by atoms with Crippen LogP contribution in [-0.4, -0.2) is 86.3 Å². The molecule has 0 atom stereocenters. The van der Waals surface area contributed by atoms with E-state index in [1.54, 1.807) is 0 Å². The molecule has 6 aromatic carbocycles. The first kappa shape index (κ1) is 96.7. The summed E-state index contributed by atoms with van der Waals surface area (Å²) in [6.45, 7) is 59.8. The Kier molecular flexibility index (Phi) is 51.5. The van der Waals surface area contributed by atoms with Gasteiger partial charge in [-0.2, -0.15) is 17.1 Å². The molecule has 0 unspecified atom stereocenters. The monoisotopic (exact) mass is 1300 g/mol. The molecule has 3 N–H and O–H groups in total. The summed E-state index contributed by atoms with van der Waals surface area (Å²) < 4.78 is 0. The predicted octanol–water partition coefficient (Wildman–Crippen LogP) is 11.0. The van der Waals surface area contributed by atoms with Crippen LogP contribution in [0.4, 0.5) is 34.1 Å². The van der Waals surface area contributed by atoms with Crippen molar-refractivity contribution in [1.82, 2.24) is 0 Å². The summed E-state index contributed by atoms with van der Waals surface area (Å²) in [5, 5.41) is 14.5. The zero-order valence-corrected chi connectivity index (χ0v) is 67.7. The van der Waals surface area contributed by atoms with Crippen LogP contribution in [0.5, 0.6) is 0 Å². The molecule has 0 aliphatic rings. The van der Waals surface area contributed by atoms with Crippen LogP contribution in [-0.2, 0) is 0 Å². The average molecular weight is 1310 g/mol. The summed E-state index contributed by atoms with van der Waals surface area (Å²) >= 11 is 0. The van der Waals surface area contributed by atoms with Crippen LogP contribution >= 0.6 is 0 Å². The number of benzene rings is 6. The molecule has 0 spiro atoms. The zero-order chi connectivity index (χ0) is 65.8. The van der Waals surface area contributed by atoms with Crippen LogP contribution in [0.15, 0.2) is 108 Å². The van der Waals surface area contributed by atoms with Gasteiger partial charge in [-0.05, 0) is 179 Å². The van der Waals surface area contributed by atoms with Gasteiger partial charge in [0.15, 0.2) is 17.1 Å². The molecule has 6 aromatic rings. The molecule has 0 bridgehead atoms. The van der Waals surface area contributed by atoms with Gasteiger partial charge in [0, 0.05) is 54.2 Å². The van der Waals surface area contributed by atoms with Crippen LogP contribution in [0.25, 0.3) is 16.0 Å². The summed E-state index contributed by atoms with van der Waals surface area (Å²) in [6, 6.07) is 26.4. The third-order valence-electron chi connectivity index (χ3n) is 15.0.